The Labute approximate surface area is 210 Å². The number of aromatic nitrogens is 1. The monoisotopic (exact) mass is 503 g/mol. The summed E-state index contributed by atoms with van der Waals surface area (Å²) in [5, 5.41) is 15.9. The van der Waals surface area contributed by atoms with Crippen molar-refractivity contribution in [3.05, 3.63) is 87.7 Å². The van der Waals surface area contributed by atoms with Gasteiger partial charge in [0.25, 0.3) is 11.6 Å². The highest BCUT2D eigenvalue weighted by Gasteiger charge is 2.35. The first kappa shape index (κ1) is 24.9. The first-order valence-electron chi connectivity index (χ1n) is 10.9. The van der Waals surface area contributed by atoms with Crippen molar-refractivity contribution in [2.24, 2.45) is 0 Å². The molecule has 0 atom stereocenters. The number of methoxy groups -OCH3 is 1. The molecule has 1 fully saturated rings. The predicted octanol–water partition coefficient (Wildman–Crippen LogP) is 3.63. The molecule has 1 aromatic heterocycles. The van der Waals surface area contributed by atoms with Crippen LogP contribution in [0.4, 0.5) is 16.2 Å². The normalized spacial score (nSPS) is 13.9. The number of imide groups is 1. The zero-order valence-corrected chi connectivity index (χ0v) is 19.8. The lowest BCUT2D eigenvalue weighted by Crippen LogP contribution is -2.38. The molecule has 12 nitrogen and oxygen atoms in total. The number of anilines is 1. The fraction of sp³-hybridized carbons (Fsp3) is 0.120. The summed E-state index contributed by atoms with van der Waals surface area (Å²) >= 11 is 0. The molecule has 0 spiro atoms. The van der Waals surface area contributed by atoms with Crippen molar-refractivity contribution >= 4 is 35.3 Å². The van der Waals surface area contributed by atoms with Gasteiger partial charge in [0.15, 0.2) is 11.5 Å². The Kier molecular flexibility index (Phi) is 7.09. The minimum absolute atomic E-state index is 0.0129. The van der Waals surface area contributed by atoms with Crippen LogP contribution in [-0.4, -0.2) is 46.3 Å². The Morgan fingerprint density at radius 2 is 1.97 bits per heavy atom. The quantitative estimate of drug-likeness (QED) is 0.205. The zero-order valence-electron chi connectivity index (χ0n) is 19.8. The van der Waals surface area contributed by atoms with Gasteiger partial charge in [0.05, 0.1) is 12.0 Å². The first-order chi connectivity index (χ1) is 17.7. The van der Waals surface area contributed by atoms with Crippen LogP contribution in [0.1, 0.15) is 11.1 Å². The molecule has 0 bridgehead atoms. The van der Waals surface area contributed by atoms with Crippen LogP contribution >= 0.6 is 0 Å². The van der Waals surface area contributed by atoms with Crippen molar-refractivity contribution in [3.8, 4) is 17.4 Å². The minimum Gasteiger partial charge on any atom is -0.493 e. The smallest absolute Gasteiger partial charge is 0.329 e. The number of hydrogen-bond donors (Lipinski definition) is 2. The minimum atomic E-state index is -0.716. The number of nitro groups is 1. The summed E-state index contributed by atoms with van der Waals surface area (Å²) in [6, 6.07) is 13.8. The third-order valence-electron chi connectivity index (χ3n) is 5.21. The largest absolute Gasteiger partial charge is 0.493 e. The zero-order chi connectivity index (χ0) is 26.5. The van der Waals surface area contributed by atoms with E-state index in [-0.39, 0.29) is 23.0 Å². The second kappa shape index (κ2) is 10.6. The van der Waals surface area contributed by atoms with Crippen molar-refractivity contribution in [2.75, 3.05) is 19.0 Å². The molecule has 0 unspecified atom stereocenters. The summed E-state index contributed by atoms with van der Waals surface area (Å²) in [6.07, 6.45) is 2.51. The molecule has 2 aromatic carbocycles. The highest BCUT2D eigenvalue weighted by Crippen LogP contribution is 2.32. The molecule has 2 N–H and O–H groups in total. The lowest BCUT2D eigenvalue weighted by atomic mass is 10.1. The third kappa shape index (κ3) is 5.88. The fourth-order valence-electron chi connectivity index (χ4n) is 3.46. The number of pyridine rings is 1. The van der Waals surface area contributed by atoms with Gasteiger partial charge >= 0.3 is 6.03 Å². The number of benzene rings is 2. The van der Waals surface area contributed by atoms with Crippen LogP contribution in [0.25, 0.3) is 6.08 Å². The molecule has 0 saturated carbocycles. The Balaban J connectivity index is 1.45. The van der Waals surface area contributed by atoms with Gasteiger partial charge in [-0.05, 0) is 48.4 Å². The van der Waals surface area contributed by atoms with Gasteiger partial charge in [-0.1, -0.05) is 18.2 Å². The summed E-state index contributed by atoms with van der Waals surface area (Å²) < 4.78 is 11.0. The molecule has 12 heteroatoms. The van der Waals surface area contributed by atoms with Crippen LogP contribution in [0.3, 0.4) is 0 Å². The molecule has 4 amide bonds. The van der Waals surface area contributed by atoms with E-state index in [1.807, 2.05) is 13.0 Å². The molecule has 2 heterocycles. The van der Waals surface area contributed by atoms with Crippen LogP contribution < -0.4 is 20.1 Å². The number of ether oxygens (including phenoxy) is 2. The third-order valence-corrected chi connectivity index (χ3v) is 5.21. The summed E-state index contributed by atoms with van der Waals surface area (Å²) in [7, 11) is 1.42. The maximum Gasteiger partial charge on any atom is 0.329 e. The number of carbonyl (C=O) groups is 3. The van der Waals surface area contributed by atoms with E-state index in [0.29, 0.717) is 17.0 Å². The average molecular weight is 503 g/mol. The van der Waals surface area contributed by atoms with E-state index in [0.717, 1.165) is 16.7 Å². The fourth-order valence-corrected chi connectivity index (χ4v) is 3.46. The average Bonchev–Trinajstić information content (AvgIpc) is 3.12. The van der Waals surface area contributed by atoms with E-state index in [2.05, 4.69) is 15.6 Å². The highest BCUT2D eigenvalue weighted by atomic mass is 16.6. The summed E-state index contributed by atoms with van der Waals surface area (Å²) in [4.78, 5) is 52.4. The van der Waals surface area contributed by atoms with Crippen LogP contribution in [0.15, 0.2) is 66.5 Å². The summed E-state index contributed by atoms with van der Waals surface area (Å²) in [5.74, 6) is -0.479. The van der Waals surface area contributed by atoms with Gasteiger partial charge in [-0.15, -0.1) is 0 Å². The van der Waals surface area contributed by atoms with Crippen LogP contribution in [0, 0.1) is 17.0 Å². The topological polar surface area (TPSA) is 153 Å². The van der Waals surface area contributed by atoms with Gasteiger partial charge in [-0.3, -0.25) is 19.7 Å². The van der Waals surface area contributed by atoms with E-state index < -0.39 is 29.3 Å². The lowest BCUT2D eigenvalue weighted by molar-refractivity contribution is -0.385. The van der Waals surface area contributed by atoms with Crippen LogP contribution in [-0.2, 0) is 9.59 Å². The molecule has 188 valence electrons. The number of nitrogens with one attached hydrogen (secondary N) is 2. The number of hydrogen-bond acceptors (Lipinski definition) is 8. The van der Waals surface area contributed by atoms with Crippen molar-refractivity contribution in [3.63, 3.8) is 0 Å². The molecule has 0 aliphatic carbocycles. The molecule has 0 radical (unpaired) electrons. The van der Waals surface area contributed by atoms with E-state index in [4.69, 9.17) is 9.47 Å². The molecular weight excluding hydrogens is 482 g/mol. The Morgan fingerprint density at radius 1 is 1.16 bits per heavy atom. The Bertz CT molecular complexity index is 1420. The Hall–Kier alpha value is -5.26. The molecule has 1 aliphatic heterocycles. The molecule has 1 saturated heterocycles. The second-order valence-electron chi connectivity index (χ2n) is 7.92. The highest BCUT2D eigenvalue weighted by molar-refractivity contribution is 6.16. The first-order valence-corrected chi connectivity index (χ1v) is 10.9. The number of rotatable bonds is 8. The van der Waals surface area contributed by atoms with Crippen LogP contribution in [0.5, 0.6) is 17.4 Å². The van der Waals surface area contributed by atoms with Gasteiger partial charge in [0.1, 0.15) is 18.4 Å². The summed E-state index contributed by atoms with van der Waals surface area (Å²) in [5.41, 5.74) is 1.84. The van der Waals surface area contributed by atoms with Crippen molar-refractivity contribution in [2.45, 2.75) is 6.92 Å². The molecule has 3 aromatic rings. The van der Waals surface area contributed by atoms with Crippen LogP contribution in [0.2, 0.25) is 0 Å². The maximum atomic E-state index is 12.8. The molecular formula is C25H21N5O7. The second-order valence-corrected chi connectivity index (χ2v) is 7.92. The van der Waals surface area contributed by atoms with E-state index in [1.54, 1.807) is 36.4 Å². The number of amides is 4. The number of aryl methyl sites for hydroxylation is 1. The van der Waals surface area contributed by atoms with Gasteiger partial charge in [0, 0.05) is 17.8 Å². The van der Waals surface area contributed by atoms with Gasteiger partial charge in [-0.25, -0.2) is 14.7 Å². The number of urea groups is 1. The van der Waals surface area contributed by atoms with E-state index in [9.17, 15) is 24.5 Å². The summed E-state index contributed by atoms with van der Waals surface area (Å²) in [6.45, 7) is 1.43. The standard InChI is InChI=1S/C25H21N5O7/c1-15-4-3-5-17(10-15)27-22(31)14-29-24(32)19(28-25(29)33)11-16-6-8-20(21(12-16)36-2)37-23-9-7-18(13-26-23)30(34)35/h3-13H,14H2,1-2H3,(H,27,31)(H,28,33)/b19-11+. The number of nitrogens with zero attached hydrogens (tertiary/aromatic N) is 3. The maximum absolute atomic E-state index is 12.8. The molecule has 37 heavy (non-hydrogen) atoms. The van der Waals surface area contributed by atoms with Gasteiger partial charge in [0.2, 0.25) is 11.8 Å². The van der Waals surface area contributed by atoms with Gasteiger partial charge < -0.3 is 20.1 Å². The molecule has 4 rings (SSSR count). The molecule has 1 aliphatic rings. The Morgan fingerprint density at radius 3 is 2.65 bits per heavy atom. The van der Waals surface area contributed by atoms with E-state index >= 15 is 0 Å². The number of carbonyl (C=O) groups excluding carboxylic acids is 3. The van der Waals surface area contributed by atoms with Crippen molar-refractivity contribution < 1.29 is 28.8 Å². The predicted molar refractivity (Wildman–Crippen MR) is 132 cm³/mol. The van der Waals surface area contributed by atoms with E-state index in [1.165, 1.54) is 25.3 Å². The van der Waals surface area contributed by atoms with Crippen molar-refractivity contribution in [1.29, 1.82) is 0 Å². The van der Waals surface area contributed by atoms with Crippen molar-refractivity contribution in [1.82, 2.24) is 15.2 Å². The SMILES string of the molecule is COc1cc(/C=C2/NC(=O)N(CC(=O)Nc3cccc(C)c3)C2=O)ccc1Oc1ccc([N+](=O)[O-])cn1. The van der Waals surface area contributed by atoms with Gasteiger partial charge in [-0.2, -0.15) is 0 Å². The lowest BCUT2D eigenvalue weighted by Gasteiger charge is -2.12.